The topological polar surface area (TPSA) is 43.8 Å². The van der Waals surface area contributed by atoms with Gasteiger partial charge >= 0.3 is 6.09 Å². The van der Waals surface area contributed by atoms with E-state index < -0.39 is 6.09 Å². The minimum absolute atomic E-state index is 0.398. The predicted molar refractivity (Wildman–Crippen MR) is 46.3 cm³/mol. The molecule has 12 heavy (non-hydrogen) atoms. The van der Waals surface area contributed by atoms with E-state index in [0.717, 1.165) is 12.8 Å². The first-order valence-corrected chi connectivity index (χ1v) is 4.25. The van der Waals surface area contributed by atoms with Crippen LogP contribution in [0.5, 0.6) is 0 Å². The maximum absolute atomic E-state index is 10.6. The highest BCUT2D eigenvalue weighted by molar-refractivity contribution is 5.65. The van der Waals surface area contributed by atoms with E-state index in [9.17, 15) is 4.79 Å². The van der Waals surface area contributed by atoms with E-state index in [1.807, 2.05) is 14.1 Å². The van der Waals surface area contributed by atoms with Gasteiger partial charge in [-0.1, -0.05) is 0 Å². The van der Waals surface area contributed by atoms with Gasteiger partial charge in [0.1, 0.15) is 0 Å². The van der Waals surface area contributed by atoms with Gasteiger partial charge < -0.3 is 14.9 Å². The lowest BCUT2D eigenvalue weighted by molar-refractivity contribution is 0.105. The van der Waals surface area contributed by atoms with Crippen molar-refractivity contribution in [1.29, 1.82) is 0 Å². The van der Waals surface area contributed by atoms with Gasteiger partial charge in [-0.15, -0.1) is 0 Å². The zero-order valence-corrected chi connectivity index (χ0v) is 7.66. The van der Waals surface area contributed by atoms with Gasteiger partial charge in [-0.2, -0.15) is 0 Å². The lowest BCUT2D eigenvalue weighted by Crippen LogP contribution is -2.46. The van der Waals surface area contributed by atoms with E-state index in [0.29, 0.717) is 19.1 Å². The number of hydrogen-bond acceptors (Lipinski definition) is 2. The van der Waals surface area contributed by atoms with Crippen LogP contribution >= 0.6 is 0 Å². The molecular formula is C8H16N2O2. The van der Waals surface area contributed by atoms with E-state index in [2.05, 4.69) is 4.90 Å². The number of hydrogen-bond donors (Lipinski definition) is 1. The summed E-state index contributed by atoms with van der Waals surface area (Å²) in [4.78, 5) is 14.2. The second kappa shape index (κ2) is 3.76. The fourth-order valence-corrected chi connectivity index (χ4v) is 1.55. The Labute approximate surface area is 72.8 Å². The molecule has 0 spiro atoms. The molecule has 0 aromatic carbocycles. The van der Waals surface area contributed by atoms with Crippen molar-refractivity contribution in [3.05, 3.63) is 0 Å². The van der Waals surface area contributed by atoms with Crippen molar-refractivity contribution in [2.75, 3.05) is 27.2 Å². The smallest absolute Gasteiger partial charge is 0.407 e. The van der Waals surface area contributed by atoms with Crippen LogP contribution in [0.25, 0.3) is 0 Å². The third kappa shape index (κ3) is 2.11. The summed E-state index contributed by atoms with van der Waals surface area (Å²) in [5.41, 5.74) is 0. The van der Waals surface area contributed by atoms with E-state index >= 15 is 0 Å². The standard InChI is InChI=1S/C8H16N2O2/c1-9(2)7-4-3-5-10(6-7)8(11)12/h7H,3-6H2,1-2H3,(H,11,12)/t7-/m1/s1. The van der Waals surface area contributed by atoms with Crippen molar-refractivity contribution in [2.24, 2.45) is 0 Å². The number of piperidine rings is 1. The average Bonchev–Trinajstić information content (AvgIpc) is 2.04. The fourth-order valence-electron chi connectivity index (χ4n) is 1.55. The van der Waals surface area contributed by atoms with Gasteiger partial charge in [0.05, 0.1) is 0 Å². The minimum Gasteiger partial charge on any atom is -0.465 e. The molecule has 0 aliphatic carbocycles. The Morgan fingerprint density at radius 1 is 1.58 bits per heavy atom. The Balaban J connectivity index is 2.46. The second-order valence-corrected chi connectivity index (χ2v) is 3.49. The van der Waals surface area contributed by atoms with Crippen molar-refractivity contribution in [3.63, 3.8) is 0 Å². The normalized spacial score (nSPS) is 24.6. The van der Waals surface area contributed by atoms with E-state index in [-0.39, 0.29) is 0 Å². The van der Waals surface area contributed by atoms with Gasteiger partial charge in [0, 0.05) is 19.1 Å². The van der Waals surface area contributed by atoms with Crippen LogP contribution in [0.15, 0.2) is 0 Å². The van der Waals surface area contributed by atoms with Crippen LogP contribution in [-0.2, 0) is 0 Å². The number of nitrogens with zero attached hydrogens (tertiary/aromatic N) is 2. The summed E-state index contributed by atoms with van der Waals surface area (Å²) >= 11 is 0. The van der Waals surface area contributed by atoms with E-state index in [1.165, 1.54) is 4.90 Å². The summed E-state index contributed by atoms with van der Waals surface area (Å²) in [6, 6.07) is 0.398. The van der Waals surface area contributed by atoms with Gasteiger partial charge in [0.15, 0.2) is 0 Å². The number of likely N-dealkylation sites (tertiary alicyclic amines) is 1. The van der Waals surface area contributed by atoms with Crippen molar-refractivity contribution in [1.82, 2.24) is 9.80 Å². The number of rotatable bonds is 1. The molecule has 0 aromatic rings. The quantitative estimate of drug-likeness (QED) is 0.633. The summed E-state index contributed by atoms with van der Waals surface area (Å²) in [6.45, 7) is 1.35. The van der Waals surface area contributed by atoms with Crippen LogP contribution in [0.3, 0.4) is 0 Å². The molecule has 0 bridgehead atoms. The highest BCUT2D eigenvalue weighted by Gasteiger charge is 2.23. The van der Waals surface area contributed by atoms with Crippen molar-refractivity contribution >= 4 is 6.09 Å². The number of amides is 1. The first-order chi connectivity index (χ1) is 5.61. The molecule has 0 unspecified atom stereocenters. The van der Waals surface area contributed by atoms with E-state index in [1.54, 1.807) is 0 Å². The second-order valence-electron chi connectivity index (χ2n) is 3.49. The summed E-state index contributed by atoms with van der Waals surface area (Å²) in [5.74, 6) is 0. The predicted octanol–water partition coefficient (Wildman–Crippen LogP) is 0.690. The highest BCUT2D eigenvalue weighted by atomic mass is 16.4. The molecule has 1 atom stereocenters. The Hall–Kier alpha value is -0.770. The molecule has 0 radical (unpaired) electrons. The summed E-state index contributed by atoms with van der Waals surface area (Å²) in [5, 5.41) is 8.75. The van der Waals surface area contributed by atoms with Crippen LogP contribution < -0.4 is 0 Å². The van der Waals surface area contributed by atoms with Crippen LogP contribution in [0.2, 0.25) is 0 Å². The first-order valence-electron chi connectivity index (χ1n) is 4.25. The Morgan fingerprint density at radius 2 is 2.25 bits per heavy atom. The third-order valence-corrected chi connectivity index (χ3v) is 2.40. The first kappa shape index (κ1) is 9.32. The molecule has 1 amide bonds. The average molecular weight is 172 g/mol. The van der Waals surface area contributed by atoms with Crippen LogP contribution in [-0.4, -0.2) is 54.2 Å². The van der Waals surface area contributed by atoms with Crippen molar-refractivity contribution < 1.29 is 9.90 Å². The molecule has 1 aliphatic rings. The highest BCUT2D eigenvalue weighted by Crippen LogP contribution is 2.13. The minimum atomic E-state index is -0.790. The summed E-state index contributed by atoms with van der Waals surface area (Å²) in [7, 11) is 3.99. The number of carbonyl (C=O) groups is 1. The molecule has 1 heterocycles. The largest absolute Gasteiger partial charge is 0.465 e. The van der Waals surface area contributed by atoms with Crippen LogP contribution in [0.1, 0.15) is 12.8 Å². The zero-order chi connectivity index (χ0) is 9.14. The maximum Gasteiger partial charge on any atom is 0.407 e. The van der Waals surface area contributed by atoms with Crippen molar-refractivity contribution in [2.45, 2.75) is 18.9 Å². The molecule has 70 valence electrons. The molecule has 1 saturated heterocycles. The Morgan fingerprint density at radius 3 is 2.75 bits per heavy atom. The lowest BCUT2D eigenvalue weighted by atomic mass is 10.1. The van der Waals surface area contributed by atoms with Gasteiger partial charge in [-0.05, 0) is 26.9 Å². The summed E-state index contributed by atoms with van der Waals surface area (Å²) in [6.07, 6.45) is 1.30. The molecule has 1 rings (SSSR count). The Kier molecular flexibility index (Phi) is 2.92. The van der Waals surface area contributed by atoms with Gasteiger partial charge in [0.25, 0.3) is 0 Å². The van der Waals surface area contributed by atoms with Crippen LogP contribution in [0, 0.1) is 0 Å². The monoisotopic (exact) mass is 172 g/mol. The molecule has 4 heteroatoms. The Bertz CT molecular complexity index is 170. The molecule has 4 nitrogen and oxygen atoms in total. The van der Waals surface area contributed by atoms with Gasteiger partial charge in [-0.25, -0.2) is 4.79 Å². The van der Waals surface area contributed by atoms with Crippen molar-refractivity contribution in [3.8, 4) is 0 Å². The maximum atomic E-state index is 10.6. The molecule has 0 saturated carbocycles. The third-order valence-electron chi connectivity index (χ3n) is 2.40. The van der Waals surface area contributed by atoms with Crippen LogP contribution in [0.4, 0.5) is 4.79 Å². The van der Waals surface area contributed by atoms with Gasteiger partial charge in [0.2, 0.25) is 0 Å². The van der Waals surface area contributed by atoms with Gasteiger partial charge in [-0.3, -0.25) is 0 Å². The lowest BCUT2D eigenvalue weighted by Gasteiger charge is -2.34. The molecule has 1 fully saturated rings. The SMILES string of the molecule is CN(C)[C@@H]1CCCN(C(=O)O)C1. The molecule has 1 aliphatic heterocycles. The number of carboxylic acid groups (broad SMARTS) is 1. The molecular weight excluding hydrogens is 156 g/mol. The van der Waals surface area contributed by atoms with E-state index in [4.69, 9.17) is 5.11 Å². The summed E-state index contributed by atoms with van der Waals surface area (Å²) < 4.78 is 0. The fraction of sp³-hybridized carbons (Fsp3) is 0.875. The number of likely N-dealkylation sites (N-methyl/N-ethyl adjacent to an activating group) is 1. The molecule has 0 aromatic heterocycles. The zero-order valence-electron chi connectivity index (χ0n) is 7.66. The molecule has 1 N–H and O–H groups in total.